The predicted molar refractivity (Wildman–Crippen MR) is 79.6 cm³/mol. The molecule has 1 aromatic carbocycles. The third kappa shape index (κ3) is 1.78. The van der Waals surface area contributed by atoms with Crippen molar-refractivity contribution in [3.63, 3.8) is 0 Å². The molecule has 104 valence electrons. The molecule has 0 atom stereocenters. The summed E-state index contributed by atoms with van der Waals surface area (Å²) in [5, 5.41) is 0. The van der Waals surface area contributed by atoms with Crippen LogP contribution < -0.4 is 9.64 Å². The molecule has 0 fully saturated rings. The number of pyridine rings is 1. The molecule has 21 heavy (non-hydrogen) atoms. The number of anilines is 1. The molecule has 5 heteroatoms. The third-order valence-corrected chi connectivity index (χ3v) is 3.79. The Bertz CT molecular complexity index is 854. The molecule has 0 bridgehead atoms. The van der Waals surface area contributed by atoms with Gasteiger partial charge < -0.3 is 9.72 Å². The molecule has 0 radical (unpaired) electrons. The highest BCUT2D eigenvalue weighted by atomic mass is 16.5. The van der Waals surface area contributed by atoms with E-state index in [1.807, 2.05) is 36.5 Å². The Morgan fingerprint density at radius 1 is 1.24 bits per heavy atom. The molecular weight excluding hydrogens is 266 g/mol. The van der Waals surface area contributed by atoms with Crippen molar-refractivity contribution < 1.29 is 9.53 Å². The van der Waals surface area contributed by atoms with Gasteiger partial charge in [0.15, 0.2) is 0 Å². The van der Waals surface area contributed by atoms with Crippen LogP contribution in [0.1, 0.15) is 15.9 Å². The monoisotopic (exact) mass is 279 g/mol. The summed E-state index contributed by atoms with van der Waals surface area (Å²) in [5.41, 5.74) is 3.50. The van der Waals surface area contributed by atoms with Crippen LogP contribution in [0.25, 0.3) is 11.0 Å². The number of ether oxygens (including phenoxy) is 1. The second-order valence-electron chi connectivity index (χ2n) is 4.99. The SMILES string of the molecule is COc1ccc2c(c1)C(=O)N(c1ccc3[nH]ccc3n1)C2. The zero-order chi connectivity index (χ0) is 14.4. The number of aromatic nitrogens is 2. The first kappa shape index (κ1) is 12.0. The van der Waals surface area contributed by atoms with Crippen molar-refractivity contribution in [2.75, 3.05) is 12.0 Å². The average Bonchev–Trinajstić information content (AvgIpc) is 3.11. The number of rotatable bonds is 2. The van der Waals surface area contributed by atoms with Crippen molar-refractivity contribution in [3.05, 3.63) is 53.7 Å². The Kier molecular flexibility index (Phi) is 2.47. The van der Waals surface area contributed by atoms with E-state index in [-0.39, 0.29) is 5.91 Å². The number of nitrogens with zero attached hydrogens (tertiary/aromatic N) is 2. The number of methoxy groups -OCH3 is 1. The van der Waals surface area contributed by atoms with E-state index >= 15 is 0 Å². The lowest BCUT2D eigenvalue weighted by molar-refractivity contribution is 0.0995. The number of hydrogen-bond acceptors (Lipinski definition) is 3. The summed E-state index contributed by atoms with van der Waals surface area (Å²) in [4.78, 5) is 21.9. The zero-order valence-electron chi connectivity index (χ0n) is 11.5. The van der Waals surface area contributed by atoms with Gasteiger partial charge in [-0.25, -0.2) is 4.98 Å². The van der Waals surface area contributed by atoms with Crippen LogP contribution in [0.5, 0.6) is 5.75 Å². The summed E-state index contributed by atoms with van der Waals surface area (Å²) in [6.07, 6.45) is 1.84. The second kappa shape index (κ2) is 4.34. The van der Waals surface area contributed by atoms with E-state index in [4.69, 9.17) is 4.74 Å². The molecule has 4 rings (SSSR count). The first-order chi connectivity index (χ1) is 10.3. The van der Waals surface area contributed by atoms with E-state index in [0.29, 0.717) is 23.7 Å². The molecule has 0 unspecified atom stereocenters. The van der Waals surface area contributed by atoms with Crippen molar-refractivity contribution in [1.29, 1.82) is 0 Å². The van der Waals surface area contributed by atoms with E-state index in [1.165, 1.54) is 0 Å². The number of hydrogen-bond donors (Lipinski definition) is 1. The van der Waals surface area contributed by atoms with Crippen LogP contribution in [0.3, 0.4) is 0 Å². The maximum atomic E-state index is 12.6. The maximum absolute atomic E-state index is 12.6. The summed E-state index contributed by atoms with van der Waals surface area (Å²) < 4.78 is 5.19. The van der Waals surface area contributed by atoms with E-state index < -0.39 is 0 Å². The summed E-state index contributed by atoms with van der Waals surface area (Å²) in [7, 11) is 1.60. The summed E-state index contributed by atoms with van der Waals surface area (Å²) in [6.45, 7) is 0.543. The van der Waals surface area contributed by atoms with Gasteiger partial charge in [-0.1, -0.05) is 6.07 Å². The first-order valence-corrected chi connectivity index (χ1v) is 6.69. The fraction of sp³-hybridized carbons (Fsp3) is 0.125. The van der Waals surface area contributed by atoms with Crippen LogP contribution >= 0.6 is 0 Å². The van der Waals surface area contributed by atoms with Gasteiger partial charge in [-0.15, -0.1) is 0 Å². The number of carbonyl (C=O) groups is 1. The number of aromatic amines is 1. The number of benzene rings is 1. The van der Waals surface area contributed by atoms with Crippen LogP contribution in [0, 0.1) is 0 Å². The van der Waals surface area contributed by atoms with Gasteiger partial charge in [-0.2, -0.15) is 0 Å². The maximum Gasteiger partial charge on any atom is 0.260 e. The molecule has 1 amide bonds. The molecule has 0 saturated heterocycles. The highest BCUT2D eigenvalue weighted by Crippen LogP contribution is 2.30. The Labute approximate surface area is 121 Å². The molecule has 0 spiro atoms. The minimum absolute atomic E-state index is 0.0358. The molecule has 0 aliphatic carbocycles. The highest BCUT2D eigenvalue weighted by molar-refractivity contribution is 6.10. The van der Waals surface area contributed by atoms with Crippen LogP contribution in [0.2, 0.25) is 0 Å². The predicted octanol–water partition coefficient (Wildman–Crippen LogP) is 2.73. The quantitative estimate of drug-likeness (QED) is 0.784. The lowest BCUT2D eigenvalue weighted by atomic mass is 10.1. The fourth-order valence-electron chi connectivity index (χ4n) is 2.67. The molecule has 3 heterocycles. The summed E-state index contributed by atoms with van der Waals surface area (Å²) >= 11 is 0. The van der Waals surface area contributed by atoms with Gasteiger partial charge in [0.25, 0.3) is 5.91 Å². The Morgan fingerprint density at radius 2 is 2.14 bits per heavy atom. The van der Waals surface area contributed by atoms with Gasteiger partial charge in [0, 0.05) is 11.8 Å². The van der Waals surface area contributed by atoms with Crippen LogP contribution in [0.4, 0.5) is 5.82 Å². The Balaban J connectivity index is 1.75. The van der Waals surface area contributed by atoms with Gasteiger partial charge in [0.1, 0.15) is 11.6 Å². The number of amides is 1. The second-order valence-corrected chi connectivity index (χ2v) is 4.99. The third-order valence-electron chi connectivity index (χ3n) is 3.79. The van der Waals surface area contributed by atoms with Crippen LogP contribution in [-0.2, 0) is 6.54 Å². The van der Waals surface area contributed by atoms with Crippen LogP contribution in [0.15, 0.2) is 42.6 Å². The minimum atomic E-state index is -0.0358. The molecule has 1 aliphatic rings. The molecule has 3 aromatic rings. The van der Waals surface area contributed by atoms with Gasteiger partial charge >= 0.3 is 0 Å². The van der Waals surface area contributed by atoms with Crippen molar-refractivity contribution in [1.82, 2.24) is 9.97 Å². The topological polar surface area (TPSA) is 58.2 Å². The largest absolute Gasteiger partial charge is 0.497 e. The molecule has 1 N–H and O–H groups in total. The minimum Gasteiger partial charge on any atom is -0.497 e. The number of H-pyrrole nitrogens is 1. The number of fused-ring (bicyclic) bond motifs is 2. The van der Waals surface area contributed by atoms with Crippen molar-refractivity contribution >= 4 is 22.8 Å². The Hall–Kier alpha value is -2.82. The molecule has 0 saturated carbocycles. The Morgan fingerprint density at radius 3 is 3.00 bits per heavy atom. The smallest absolute Gasteiger partial charge is 0.260 e. The zero-order valence-corrected chi connectivity index (χ0v) is 11.5. The van der Waals surface area contributed by atoms with Gasteiger partial charge in [-0.3, -0.25) is 9.69 Å². The summed E-state index contributed by atoms with van der Waals surface area (Å²) in [6, 6.07) is 11.3. The number of carbonyl (C=O) groups excluding carboxylic acids is 1. The van der Waals surface area contributed by atoms with E-state index in [1.54, 1.807) is 18.1 Å². The van der Waals surface area contributed by atoms with E-state index in [2.05, 4.69) is 9.97 Å². The molecule has 5 nitrogen and oxygen atoms in total. The van der Waals surface area contributed by atoms with Crippen molar-refractivity contribution in [2.45, 2.75) is 6.54 Å². The highest BCUT2D eigenvalue weighted by Gasteiger charge is 2.29. The van der Waals surface area contributed by atoms with Crippen molar-refractivity contribution in [2.24, 2.45) is 0 Å². The van der Waals surface area contributed by atoms with Crippen LogP contribution in [-0.4, -0.2) is 23.0 Å². The van der Waals surface area contributed by atoms with E-state index in [9.17, 15) is 4.79 Å². The van der Waals surface area contributed by atoms with Crippen molar-refractivity contribution in [3.8, 4) is 5.75 Å². The van der Waals surface area contributed by atoms with Gasteiger partial charge in [0.2, 0.25) is 0 Å². The number of nitrogens with one attached hydrogen (secondary N) is 1. The molecule has 2 aromatic heterocycles. The lowest BCUT2D eigenvalue weighted by Crippen LogP contribution is -2.23. The average molecular weight is 279 g/mol. The fourth-order valence-corrected chi connectivity index (χ4v) is 2.67. The van der Waals surface area contributed by atoms with Gasteiger partial charge in [-0.05, 0) is 35.9 Å². The molecule has 1 aliphatic heterocycles. The summed E-state index contributed by atoms with van der Waals surface area (Å²) in [5.74, 6) is 1.33. The standard InChI is InChI=1S/C16H13N3O2/c1-21-11-3-2-10-9-19(16(20)12(10)8-11)15-5-4-13-14(18-15)6-7-17-13/h2-8,17H,9H2,1H3. The van der Waals surface area contributed by atoms with E-state index in [0.717, 1.165) is 16.6 Å². The first-order valence-electron chi connectivity index (χ1n) is 6.69. The normalized spacial score (nSPS) is 13.8. The molecular formula is C16H13N3O2. The lowest BCUT2D eigenvalue weighted by Gasteiger charge is -2.14. The van der Waals surface area contributed by atoms with Gasteiger partial charge in [0.05, 0.1) is 24.7 Å².